The van der Waals surface area contributed by atoms with E-state index in [-0.39, 0.29) is 11.8 Å². The Morgan fingerprint density at radius 1 is 1.23 bits per heavy atom. The molecule has 1 fully saturated rings. The number of anilines is 1. The summed E-state index contributed by atoms with van der Waals surface area (Å²) in [5, 5.41) is 11.2. The molecule has 8 heteroatoms. The number of piperidine rings is 1. The molecule has 2 aliphatic rings. The Balaban J connectivity index is 1.62. The smallest absolute Gasteiger partial charge is 0.270 e. The molecule has 0 radical (unpaired) electrons. The molecular formula is C18H25N7O. The van der Waals surface area contributed by atoms with Gasteiger partial charge in [0.2, 0.25) is 0 Å². The first kappa shape index (κ1) is 16.9. The molecular weight excluding hydrogens is 330 g/mol. The van der Waals surface area contributed by atoms with E-state index in [9.17, 15) is 4.79 Å². The second-order valence-corrected chi connectivity index (χ2v) is 7.45. The van der Waals surface area contributed by atoms with Crippen LogP contribution < -0.4 is 10.2 Å². The molecule has 0 unspecified atom stereocenters. The van der Waals surface area contributed by atoms with E-state index >= 15 is 0 Å². The van der Waals surface area contributed by atoms with Crippen molar-refractivity contribution in [2.75, 3.05) is 24.5 Å². The lowest BCUT2D eigenvalue weighted by molar-refractivity contribution is 0.0940. The third-order valence-electron chi connectivity index (χ3n) is 5.30. The van der Waals surface area contributed by atoms with E-state index in [0.717, 1.165) is 55.4 Å². The predicted octanol–water partition coefficient (Wildman–Crippen LogP) is 1.40. The minimum atomic E-state index is -0.0780. The molecule has 1 saturated heterocycles. The van der Waals surface area contributed by atoms with Gasteiger partial charge in [-0.05, 0) is 19.3 Å². The fraction of sp³-hybridized carbons (Fsp3) is 0.611. The number of nitrogens with zero attached hydrogens (tertiary/aromatic N) is 6. The van der Waals surface area contributed by atoms with Gasteiger partial charge in [0, 0.05) is 44.1 Å². The predicted molar refractivity (Wildman–Crippen MR) is 97.3 cm³/mol. The van der Waals surface area contributed by atoms with Gasteiger partial charge in [-0.3, -0.25) is 4.79 Å². The monoisotopic (exact) mass is 355 g/mol. The molecule has 2 aliphatic heterocycles. The minimum absolute atomic E-state index is 0.0780. The molecule has 4 heterocycles. The number of nitrogens with one attached hydrogen (secondary N) is 1. The zero-order chi connectivity index (χ0) is 18.3. The first-order chi connectivity index (χ1) is 12.5. The number of carbonyl (C=O) groups is 1. The van der Waals surface area contributed by atoms with Crippen LogP contribution in [0.15, 0.2) is 6.33 Å². The zero-order valence-corrected chi connectivity index (χ0v) is 15.6. The Kier molecular flexibility index (Phi) is 4.34. The Morgan fingerprint density at radius 2 is 2.00 bits per heavy atom. The standard InChI is InChI=1S/C18H25N7O/c1-11(2)15-21-14-13(4-7-19-18(14)26)17(22-15)25-8-5-12(6-9-25)16-23-20-10-24(16)3/h10-12H,4-9H2,1-3H3,(H,19,26). The van der Waals surface area contributed by atoms with Gasteiger partial charge in [-0.15, -0.1) is 10.2 Å². The maximum absolute atomic E-state index is 12.3. The lowest BCUT2D eigenvalue weighted by Crippen LogP contribution is -2.39. The van der Waals surface area contributed by atoms with Gasteiger partial charge in [0.25, 0.3) is 5.91 Å². The normalized spacial score (nSPS) is 18.2. The molecule has 0 atom stereocenters. The summed E-state index contributed by atoms with van der Waals surface area (Å²) in [5.74, 6) is 3.27. The van der Waals surface area contributed by atoms with Crippen LogP contribution in [-0.2, 0) is 13.5 Å². The molecule has 0 spiro atoms. The van der Waals surface area contributed by atoms with Crippen molar-refractivity contribution in [1.82, 2.24) is 30.0 Å². The summed E-state index contributed by atoms with van der Waals surface area (Å²) in [4.78, 5) is 24.0. The van der Waals surface area contributed by atoms with Crippen LogP contribution in [0.4, 0.5) is 5.82 Å². The molecule has 0 aliphatic carbocycles. The second kappa shape index (κ2) is 6.66. The number of aryl methyl sites for hydroxylation is 1. The van der Waals surface area contributed by atoms with Crippen LogP contribution in [0.2, 0.25) is 0 Å². The topological polar surface area (TPSA) is 88.8 Å². The summed E-state index contributed by atoms with van der Waals surface area (Å²) in [6, 6.07) is 0. The van der Waals surface area contributed by atoms with Gasteiger partial charge >= 0.3 is 0 Å². The molecule has 0 aromatic carbocycles. The van der Waals surface area contributed by atoms with Gasteiger partial charge in [0.05, 0.1) is 0 Å². The summed E-state index contributed by atoms with van der Waals surface area (Å²) in [6.45, 7) is 6.58. The largest absolute Gasteiger partial charge is 0.356 e. The van der Waals surface area contributed by atoms with Crippen LogP contribution in [0, 0.1) is 0 Å². The van der Waals surface area contributed by atoms with Crippen molar-refractivity contribution in [3.8, 4) is 0 Å². The van der Waals surface area contributed by atoms with Crippen molar-refractivity contribution in [2.45, 2.75) is 44.9 Å². The van der Waals surface area contributed by atoms with E-state index in [1.165, 1.54) is 0 Å². The Morgan fingerprint density at radius 3 is 2.65 bits per heavy atom. The Hall–Kier alpha value is -2.51. The van der Waals surface area contributed by atoms with Gasteiger partial charge in [0.1, 0.15) is 29.5 Å². The first-order valence-corrected chi connectivity index (χ1v) is 9.32. The molecule has 1 amide bonds. The SMILES string of the molecule is CC(C)c1nc2c(c(N3CCC(c4nncn4C)CC3)n1)CCNC2=O. The minimum Gasteiger partial charge on any atom is -0.356 e. The number of fused-ring (bicyclic) bond motifs is 1. The highest BCUT2D eigenvalue weighted by atomic mass is 16.1. The third-order valence-corrected chi connectivity index (χ3v) is 5.30. The lowest BCUT2D eigenvalue weighted by atomic mass is 9.95. The summed E-state index contributed by atoms with van der Waals surface area (Å²) in [6.07, 6.45) is 4.57. The highest BCUT2D eigenvalue weighted by molar-refractivity contribution is 5.96. The van der Waals surface area contributed by atoms with Crippen LogP contribution in [-0.4, -0.2) is 50.3 Å². The summed E-state index contributed by atoms with van der Waals surface area (Å²) in [5.41, 5.74) is 1.55. The van der Waals surface area contributed by atoms with Crippen molar-refractivity contribution < 1.29 is 4.79 Å². The van der Waals surface area contributed by atoms with E-state index in [1.54, 1.807) is 6.33 Å². The number of amides is 1. The highest BCUT2D eigenvalue weighted by Crippen LogP contribution is 2.32. The van der Waals surface area contributed by atoms with E-state index < -0.39 is 0 Å². The molecule has 4 rings (SSSR count). The fourth-order valence-electron chi connectivity index (χ4n) is 3.82. The highest BCUT2D eigenvalue weighted by Gasteiger charge is 2.30. The van der Waals surface area contributed by atoms with Crippen molar-refractivity contribution >= 4 is 11.7 Å². The molecule has 8 nitrogen and oxygen atoms in total. The summed E-state index contributed by atoms with van der Waals surface area (Å²) >= 11 is 0. The fourth-order valence-corrected chi connectivity index (χ4v) is 3.82. The van der Waals surface area contributed by atoms with Crippen molar-refractivity contribution in [3.05, 3.63) is 29.2 Å². The third kappa shape index (κ3) is 2.93. The van der Waals surface area contributed by atoms with E-state index in [4.69, 9.17) is 4.98 Å². The number of hydrogen-bond donors (Lipinski definition) is 1. The van der Waals surface area contributed by atoms with Crippen LogP contribution >= 0.6 is 0 Å². The molecule has 2 aromatic heterocycles. The van der Waals surface area contributed by atoms with Gasteiger partial charge < -0.3 is 14.8 Å². The van der Waals surface area contributed by atoms with Crippen molar-refractivity contribution in [1.29, 1.82) is 0 Å². The Labute approximate surface area is 153 Å². The zero-order valence-electron chi connectivity index (χ0n) is 15.6. The second-order valence-electron chi connectivity index (χ2n) is 7.45. The Bertz CT molecular complexity index is 821. The van der Waals surface area contributed by atoms with Gasteiger partial charge in [-0.2, -0.15) is 0 Å². The van der Waals surface area contributed by atoms with Gasteiger partial charge in [-0.25, -0.2) is 9.97 Å². The average molecular weight is 355 g/mol. The maximum Gasteiger partial charge on any atom is 0.270 e. The molecule has 138 valence electrons. The number of rotatable bonds is 3. The molecule has 0 saturated carbocycles. The van der Waals surface area contributed by atoms with E-state index in [2.05, 4.69) is 39.2 Å². The van der Waals surface area contributed by atoms with E-state index in [0.29, 0.717) is 18.2 Å². The van der Waals surface area contributed by atoms with Crippen LogP contribution in [0.5, 0.6) is 0 Å². The average Bonchev–Trinajstić information content (AvgIpc) is 3.07. The van der Waals surface area contributed by atoms with E-state index in [1.807, 2.05) is 11.6 Å². The quantitative estimate of drug-likeness (QED) is 0.895. The van der Waals surface area contributed by atoms with Gasteiger partial charge in [0.15, 0.2) is 0 Å². The van der Waals surface area contributed by atoms with Crippen LogP contribution in [0.1, 0.15) is 66.2 Å². The molecule has 26 heavy (non-hydrogen) atoms. The first-order valence-electron chi connectivity index (χ1n) is 9.32. The molecule has 1 N–H and O–H groups in total. The van der Waals surface area contributed by atoms with Crippen LogP contribution in [0.3, 0.4) is 0 Å². The number of carbonyl (C=O) groups excluding carboxylic acids is 1. The number of hydrogen-bond acceptors (Lipinski definition) is 6. The van der Waals surface area contributed by atoms with Crippen molar-refractivity contribution in [3.63, 3.8) is 0 Å². The lowest BCUT2D eigenvalue weighted by Gasteiger charge is -2.34. The maximum atomic E-state index is 12.3. The summed E-state index contributed by atoms with van der Waals surface area (Å²) in [7, 11) is 2.00. The molecule has 2 aromatic rings. The molecule has 0 bridgehead atoms. The van der Waals surface area contributed by atoms with Crippen LogP contribution in [0.25, 0.3) is 0 Å². The van der Waals surface area contributed by atoms with Gasteiger partial charge in [-0.1, -0.05) is 13.8 Å². The summed E-state index contributed by atoms with van der Waals surface area (Å²) < 4.78 is 2.01. The number of aromatic nitrogens is 5. The van der Waals surface area contributed by atoms with Crippen molar-refractivity contribution in [2.24, 2.45) is 7.05 Å².